The summed E-state index contributed by atoms with van der Waals surface area (Å²) in [4.78, 5) is 13.4. The molecule has 1 heterocycles. The molecule has 2 aromatic carbocycles. The minimum absolute atomic E-state index is 0.304. The molecule has 0 aliphatic carbocycles. The molecule has 3 rings (SSSR count). The van der Waals surface area contributed by atoms with Gasteiger partial charge in [0, 0.05) is 5.69 Å². The molecule has 24 heavy (non-hydrogen) atoms. The molecule has 0 saturated heterocycles. The topological polar surface area (TPSA) is 38.8 Å². The van der Waals surface area contributed by atoms with Gasteiger partial charge in [0.05, 0.1) is 30.5 Å². The number of anilines is 2. The highest BCUT2D eigenvalue weighted by Gasteiger charge is 2.31. The van der Waals surface area contributed by atoms with Crippen LogP contribution in [0.15, 0.2) is 42.5 Å². The zero-order valence-electron chi connectivity index (χ0n) is 12.8. The maximum absolute atomic E-state index is 12.9. The van der Waals surface area contributed by atoms with Crippen LogP contribution in [0.4, 0.5) is 24.5 Å². The number of carbonyl (C=O) groups is 1. The normalized spacial score (nSPS) is 13.9. The van der Waals surface area contributed by atoms with Crippen molar-refractivity contribution in [3.8, 4) is 5.75 Å². The van der Waals surface area contributed by atoms with Crippen LogP contribution in [0.25, 0.3) is 0 Å². The van der Waals surface area contributed by atoms with Crippen molar-refractivity contribution in [2.75, 3.05) is 25.2 Å². The molecule has 2 aromatic rings. The van der Waals surface area contributed by atoms with Gasteiger partial charge in [-0.3, -0.25) is 0 Å². The van der Waals surface area contributed by atoms with E-state index in [9.17, 15) is 18.0 Å². The lowest BCUT2D eigenvalue weighted by Crippen LogP contribution is -2.29. The summed E-state index contributed by atoms with van der Waals surface area (Å²) >= 11 is 0. The molecule has 1 aliphatic rings. The molecule has 7 heteroatoms. The van der Waals surface area contributed by atoms with E-state index >= 15 is 0 Å². The van der Waals surface area contributed by atoms with E-state index in [1.165, 1.54) is 13.2 Å². The molecule has 0 bridgehead atoms. The summed E-state index contributed by atoms with van der Waals surface area (Å²) < 4.78 is 49.0. The van der Waals surface area contributed by atoms with Gasteiger partial charge in [-0.15, -0.1) is 0 Å². The minimum Gasteiger partial charge on any atom is -0.490 e. The van der Waals surface area contributed by atoms with Crippen molar-refractivity contribution >= 4 is 17.3 Å². The van der Waals surface area contributed by atoms with Gasteiger partial charge >= 0.3 is 12.1 Å². The number of benzene rings is 2. The fourth-order valence-corrected chi connectivity index (χ4v) is 2.58. The summed E-state index contributed by atoms with van der Waals surface area (Å²) in [6.45, 7) is 0.708. The Morgan fingerprint density at radius 2 is 2.00 bits per heavy atom. The minimum atomic E-state index is -4.42. The van der Waals surface area contributed by atoms with Crippen LogP contribution < -0.4 is 9.64 Å². The smallest absolute Gasteiger partial charge is 0.416 e. The first-order chi connectivity index (χ1) is 11.4. The summed E-state index contributed by atoms with van der Waals surface area (Å²) in [6.07, 6.45) is -4.42. The van der Waals surface area contributed by atoms with Crippen LogP contribution in [0, 0.1) is 0 Å². The lowest BCUT2D eigenvalue weighted by atomic mass is 10.1. The maximum atomic E-state index is 12.9. The number of fused-ring (bicyclic) bond motifs is 1. The molecule has 0 atom stereocenters. The third-order valence-corrected chi connectivity index (χ3v) is 3.73. The standard InChI is InChI=1S/C17H14F3NO3/c1-23-16(22)11-5-6-15-14(9-11)21(7-8-24-15)13-4-2-3-12(10-13)17(18,19)20/h2-6,9-10H,7-8H2,1H3. The van der Waals surface area contributed by atoms with Crippen LogP contribution in [0.5, 0.6) is 5.75 Å². The lowest BCUT2D eigenvalue weighted by Gasteiger charge is -2.32. The molecule has 126 valence electrons. The second-order valence-electron chi connectivity index (χ2n) is 5.22. The number of ether oxygens (including phenoxy) is 2. The molecular weight excluding hydrogens is 323 g/mol. The first kappa shape index (κ1) is 16.2. The Labute approximate surface area is 136 Å². The van der Waals surface area contributed by atoms with E-state index in [0.29, 0.717) is 35.8 Å². The average molecular weight is 337 g/mol. The van der Waals surface area contributed by atoms with E-state index in [1.54, 1.807) is 29.2 Å². The first-order valence-corrected chi connectivity index (χ1v) is 7.20. The van der Waals surface area contributed by atoms with Crippen molar-refractivity contribution < 1.29 is 27.4 Å². The van der Waals surface area contributed by atoms with Gasteiger partial charge in [-0.1, -0.05) is 6.07 Å². The molecular formula is C17H14F3NO3. The molecule has 0 radical (unpaired) electrons. The first-order valence-electron chi connectivity index (χ1n) is 7.20. The van der Waals surface area contributed by atoms with Gasteiger partial charge < -0.3 is 14.4 Å². The molecule has 0 N–H and O–H groups in total. The highest BCUT2D eigenvalue weighted by Crippen LogP contribution is 2.39. The Morgan fingerprint density at radius 1 is 1.21 bits per heavy atom. The predicted octanol–water partition coefficient (Wildman–Crippen LogP) is 4.02. The van der Waals surface area contributed by atoms with Crippen molar-refractivity contribution in [2.24, 2.45) is 0 Å². The van der Waals surface area contributed by atoms with Gasteiger partial charge in [-0.05, 0) is 36.4 Å². The number of methoxy groups -OCH3 is 1. The van der Waals surface area contributed by atoms with E-state index in [-0.39, 0.29) is 0 Å². The molecule has 0 aromatic heterocycles. The van der Waals surface area contributed by atoms with Gasteiger partial charge in [0.2, 0.25) is 0 Å². The number of halogens is 3. The van der Waals surface area contributed by atoms with Gasteiger partial charge in [0.25, 0.3) is 0 Å². The number of carbonyl (C=O) groups excluding carboxylic acids is 1. The third kappa shape index (κ3) is 3.02. The number of alkyl halides is 3. The number of esters is 1. The molecule has 0 spiro atoms. The highest BCUT2D eigenvalue weighted by atomic mass is 19.4. The Balaban J connectivity index is 2.04. The summed E-state index contributed by atoms with van der Waals surface area (Å²) in [7, 11) is 1.27. The second kappa shape index (κ2) is 6.07. The fraction of sp³-hybridized carbons (Fsp3) is 0.235. The van der Waals surface area contributed by atoms with Crippen LogP contribution in [-0.2, 0) is 10.9 Å². The molecule has 4 nitrogen and oxygen atoms in total. The SMILES string of the molecule is COC(=O)c1ccc2c(c1)N(c1cccc(C(F)(F)F)c1)CCO2. The van der Waals surface area contributed by atoms with Gasteiger partial charge in [-0.25, -0.2) is 4.79 Å². The van der Waals surface area contributed by atoms with Crippen LogP contribution in [-0.4, -0.2) is 26.2 Å². The summed E-state index contributed by atoms with van der Waals surface area (Å²) in [6, 6.07) is 9.78. The molecule has 0 saturated carbocycles. The predicted molar refractivity (Wildman–Crippen MR) is 81.7 cm³/mol. The maximum Gasteiger partial charge on any atom is 0.416 e. The van der Waals surface area contributed by atoms with Crippen LogP contribution >= 0.6 is 0 Å². The fourth-order valence-electron chi connectivity index (χ4n) is 2.58. The van der Waals surface area contributed by atoms with E-state index in [4.69, 9.17) is 4.74 Å². The molecule has 0 unspecified atom stereocenters. The lowest BCUT2D eigenvalue weighted by molar-refractivity contribution is -0.137. The van der Waals surface area contributed by atoms with Crippen molar-refractivity contribution in [2.45, 2.75) is 6.18 Å². The molecule has 1 aliphatic heterocycles. The Kier molecular flexibility index (Phi) is 4.09. The Morgan fingerprint density at radius 3 is 2.71 bits per heavy atom. The van der Waals surface area contributed by atoms with Gasteiger partial charge in [0.15, 0.2) is 0 Å². The number of hydrogen-bond donors (Lipinski definition) is 0. The summed E-state index contributed by atoms with van der Waals surface area (Å²) in [5.74, 6) is -0.0151. The van der Waals surface area contributed by atoms with Gasteiger partial charge in [-0.2, -0.15) is 13.2 Å². The second-order valence-corrected chi connectivity index (χ2v) is 5.22. The molecule has 0 amide bonds. The quantitative estimate of drug-likeness (QED) is 0.776. The number of hydrogen-bond acceptors (Lipinski definition) is 4. The van der Waals surface area contributed by atoms with Crippen LogP contribution in [0.2, 0.25) is 0 Å². The Bertz CT molecular complexity index is 774. The van der Waals surface area contributed by atoms with Crippen molar-refractivity contribution in [3.05, 3.63) is 53.6 Å². The number of rotatable bonds is 2. The monoisotopic (exact) mass is 337 g/mol. The summed E-state index contributed by atoms with van der Waals surface area (Å²) in [5.41, 5.74) is 0.496. The van der Waals surface area contributed by atoms with E-state index in [2.05, 4.69) is 4.74 Å². The van der Waals surface area contributed by atoms with Crippen molar-refractivity contribution in [1.29, 1.82) is 0 Å². The third-order valence-electron chi connectivity index (χ3n) is 3.73. The largest absolute Gasteiger partial charge is 0.490 e. The highest BCUT2D eigenvalue weighted by molar-refractivity contribution is 5.91. The van der Waals surface area contributed by atoms with E-state index in [1.807, 2.05) is 0 Å². The van der Waals surface area contributed by atoms with E-state index in [0.717, 1.165) is 12.1 Å². The van der Waals surface area contributed by atoms with Crippen molar-refractivity contribution in [1.82, 2.24) is 0 Å². The van der Waals surface area contributed by atoms with Crippen molar-refractivity contribution in [3.63, 3.8) is 0 Å². The average Bonchev–Trinajstić information content (AvgIpc) is 2.59. The zero-order chi connectivity index (χ0) is 17.3. The number of nitrogens with zero attached hydrogens (tertiary/aromatic N) is 1. The van der Waals surface area contributed by atoms with E-state index < -0.39 is 17.7 Å². The summed E-state index contributed by atoms with van der Waals surface area (Å²) in [5, 5.41) is 0. The van der Waals surface area contributed by atoms with Crippen LogP contribution in [0.3, 0.4) is 0 Å². The Hall–Kier alpha value is -2.70. The zero-order valence-corrected chi connectivity index (χ0v) is 12.8. The molecule has 0 fully saturated rings. The van der Waals surface area contributed by atoms with Crippen LogP contribution in [0.1, 0.15) is 15.9 Å². The van der Waals surface area contributed by atoms with Gasteiger partial charge in [0.1, 0.15) is 12.4 Å².